The fourth-order valence-corrected chi connectivity index (χ4v) is 3.52. The van der Waals surface area contributed by atoms with E-state index in [-0.39, 0.29) is 0 Å². The topological polar surface area (TPSA) is 16.1 Å². The van der Waals surface area contributed by atoms with Gasteiger partial charge in [-0.2, -0.15) is 0 Å². The van der Waals surface area contributed by atoms with Gasteiger partial charge in [0.15, 0.2) is 0 Å². The van der Waals surface area contributed by atoms with Gasteiger partial charge >= 0.3 is 0 Å². The minimum atomic E-state index is 0.683. The summed E-state index contributed by atoms with van der Waals surface area (Å²) in [6, 6.07) is 13.0. The number of hydrogen-bond acceptors (Lipinski definition) is 2. The zero-order valence-corrected chi connectivity index (χ0v) is 13.3. The van der Waals surface area contributed by atoms with Gasteiger partial charge in [-0.25, -0.2) is 0 Å². The Labute approximate surface area is 127 Å². The quantitative estimate of drug-likeness (QED) is 0.747. The molecule has 2 aromatic rings. The number of fused-ring (bicyclic) bond motifs is 2. The number of piperidine rings is 1. The van der Waals surface area contributed by atoms with E-state index < -0.39 is 0 Å². The van der Waals surface area contributed by atoms with E-state index in [0.717, 1.165) is 5.69 Å². The lowest BCUT2D eigenvalue weighted by Gasteiger charge is -2.42. The lowest BCUT2D eigenvalue weighted by Crippen LogP contribution is -2.39. The van der Waals surface area contributed by atoms with Gasteiger partial charge in [-0.15, -0.1) is 0 Å². The Kier molecular flexibility index (Phi) is 3.96. The molecule has 0 radical (unpaired) electrons. The molecule has 1 fully saturated rings. The summed E-state index contributed by atoms with van der Waals surface area (Å²) < 4.78 is 0. The van der Waals surface area contributed by atoms with Crippen LogP contribution < -0.4 is 4.90 Å². The van der Waals surface area contributed by atoms with Crippen molar-refractivity contribution in [2.24, 2.45) is 0 Å². The Morgan fingerprint density at radius 3 is 2.38 bits per heavy atom. The van der Waals surface area contributed by atoms with Crippen LogP contribution in [0.15, 0.2) is 36.4 Å². The molecule has 2 heteroatoms. The van der Waals surface area contributed by atoms with E-state index >= 15 is 0 Å². The van der Waals surface area contributed by atoms with Crippen LogP contribution in [0.4, 0.5) is 5.69 Å². The summed E-state index contributed by atoms with van der Waals surface area (Å²) in [6.07, 6.45) is 2.55. The molecule has 0 atom stereocenters. The highest BCUT2D eigenvalue weighted by atomic mass is 15.2. The minimum Gasteiger partial charge on any atom is -0.370 e. The van der Waals surface area contributed by atoms with Crippen molar-refractivity contribution in [3.05, 3.63) is 47.8 Å². The number of anilines is 1. The van der Waals surface area contributed by atoms with Gasteiger partial charge in [0.2, 0.25) is 0 Å². The third-order valence-electron chi connectivity index (χ3n) is 4.43. The summed E-state index contributed by atoms with van der Waals surface area (Å²) >= 11 is 0. The van der Waals surface area contributed by atoms with Crippen molar-refractivity contribution in [1.82, 2.24) is 4.98 Å². The van der Waals surface area contributed by atoms with Gasteiger partial charge in [0, 0.05) is 30.3 Å². The molecule has 1 aromatic heterocycles. The van der Waals surface area contributed by atoms with E-state index in [1.165, 1.54) is 48.4 Å². The number of pyridine rings is 1. The minimum absolute atomic E-state index is 0.683. The van der Waals surface area contributed by atoms with Gasteiger partial charge in [0.25, 0.3) is 0 Å². The molecule has 1 aromatic carbocycles. The fourth-order valence-electron chi connectivity index (χ4n) is 3.52. The summed E-state index contributed by atoms with van der Waals surface area (Å²) in [5.41, 5.74) is 6.58. The van der Waals surface area contributed by atoms with Crippen molar-refractivity contribution in [2.45, 2.75) is 39.5 Å². The lowest BCUT2D eigenvalue weighted by atomic mass is 9.84. The van der Waals surface area contributed by atoms with Crippen molar-refractivity contribution < 1.29 is 0 Å². The van der Waals surface area contributed by atoms with Gasteiger partial charge in [0.05, 0.1) is 11.4 Å². The number of nitrogens with zero attached hydrogens (tertiary/aromatic N) is 2. The molecule has 1 saturated heterocycles. The Balaban J connectivity index is 0.000000636. The van der Waals surface area contributed by atoms with E-state index in [4.69, 9.17) is 4.98 Å². The van der Waals surface area contributed by atoms with E-state index in [2.05, 4.69) is 48.2 Å². The zero-order chi connectivity index (χ0) is 14.8. The van der Waals surface area contributed by atoms with Crippen LogP contribution in [-0.2, 0) is 0 Å². The standard InChI is InChI=1S/C17H18N2.C2H6/c1-12-11-15(13-5-3-2-4-6-13)17-16(18-12)14-7-9-19(17)10-8-14;1-2/h2-6,11,14H,7-10H2,1H3;1-2H3. The third-order valence-corrected chi connectivity index (χ3v) is 4.43. The van der Waals surface area contributed by atoms with Gasteiger partial charge in [-0.1, -0.05) is 44.2 Å². The van der Waals surface area contributed by atoms with Gasteiger partial charge in [-0.3, -0.25) is 4.98 Å². The molecule has 0 saturated carbocycles. The first-order valence-corrected chi connectivity index (χ1v) is 8.15. The molecule has 0 aliphatic carbocycles. The molecular weight excluding hydrogens is 256 g/mol. The van der Waals surface area contributed by atoms with E-state index in [0.29, 0.717) is 5.92 Å². The Hall–Kier alpha value is -1.83. The van der Waals surface area contributed by atoms with Crippen LogP contribution in [0.3, 0.4) is 0 Å². The number of benzene rings is 1. The molecule has 5 rings (SSSR count). The van der Waals surface area contributed by atoms with Crippen LogP contribution in [0.1, 0.15) is 44.0 Å². The highest BCUT2D eigenvalue weighted by molar-refractivity contribution is 5.82. The first-order valence-electron chi connectivity index (χ1n) is 8.15. The molecule has 3 aliphatic rings. The Morgan fingerprint density at radius 2 is 1.71 bits per heavy atom. The fraction of sp³-hybridized carbons (Fsp3) is 0.421. The van der Waals surface area contributed by atoms with Crippen LogP contribution in [0.2, 0.25) is 0 Å². The normalized spacial score (nSPS) is 16.2. The van der Waals surface area contributed by atoms with Crippen LogP contribution in [-0.4, -0.2) is 18.1 Å². The summed E-state index contributed by atoms with van der Waals surface area (Å²) in [5.74, 6) is 0.683. The molecule has 0 N–H and O–H groups in total. The average Bonchev–Trinajstić information content (AvgIpc) is 2.57. The zero-order valence-electron chi connectivity index (χ0n) is 13.3. The molecule has 3 aliphatic heterocycles. The molecule has 0 unspecified atom stereocenters. The molecule has 2 nitrogen and oxygen atoms in total. The second-order valence-corrected chi connectivity index (χ2v) is 5.67. The van der Waals surface area contributed by atoms with Crippen molar-refractivity contribution in [3.63, 3.8) is 0 Å². The summed E-state index contributed by atoms with van der Waals surface area (Å²) in [7, 11) is 0. The summed E-state index contributed by atoms with van der Waals surface area (Å²) in [4.78, 5) is 7.37. The Bertz CT molecular complexity index is 611. The van der Waals surface area contributed by atoms with Crippen molar-refractivity contribution in [3.8, 4) is 11.1 Å². The van der Waals surface area contributed by atoms with Crippen LogP contribution >= 0.6 is 0 Å². The maximum Gasteiger partial charge on any atom is 0.0678 e. The van der Waals surface area contributed by atoms with Gasteiger partial charge in [-0.05, 0) is 31.4 Å². The van der Waals surface area contributed by atoms with E-state index in [1.54, 1.807) is 0 Å². The van der Waals surface area contributed by atoms with E-state index in [1.807, 2.05) is 13.8 Å². The van der Waals surface area contributed by atoms with Crippen molar-refractivity contribution >= 4 is 5.69 Å². The molecular formula is C19H24N2. The number of rotatable bonds is 1. The summed E-state index contributed by atoms with van der Waals surface area (Å²) in [6.45, 7) is 8.51. The second kappa shape index (κ2) is 5.88. The highest BCUT2D eigenvalue weighted by Gasteiger charge is 2.34. The van der Waals surface area contributed by atoms with Crippen LogP contribution in [0.25, 0.3) is 11.1 Å². The maximum absolute atomic E-state index is 4.84. The summed E-state index contributed by atoms with van der Waals surface area (Å²) in [5, 5.41) is 0. The second-order valence-electron chi connectivity index (χ2n) is 5.67. The maximum atomic E-state index is 4.84. The first kappa shape index (κ1) is 14.1. The average molecular weight is 280 g/mol. The molecule has 0 spiro atoms. The first-order chi connectivity index (χ1) is 10.3. The van der Waals surface area contributed by atoms with E-state index in [9.17, 15) is 0 Å². The smallest absolute Gasteiger partial charge is 0.0678 e. The number of aromatic nitrogens is 1. The lowest BCUT2D eigenvalue weighted by molar-refractivity contribution is 0.463. The third kappa shape index (κ3) is 2.44. The van der Waals surface area contributed by atoms with Crippen LogP contribution in [0, 0.1) is 6.92 Å². The van der Waals surface area contributed by atoms with Gasteiger partial charge < -0.3 is 4.90 Å². The number of aryl methyl sites for hydroxylation is 1. The molecule has 2 bridgehead atoms. The largest absolute Gasteiger partial charge is 0.370 e. The van der Waals surface area contributed by atoms with Gasteiger partial charge in [0.1, 0.15) is 0 Å². The SMILES string of the molecule is CC.Cc1cc(-c2ccccc2)c2c(n1)C1CCN2CC1. The predicted molar refractivity (Wildman–Crippen MR) is 89.9 cm³/mol. The highest BCUT2D eigenvalue weighted by Crippen LogP contribution is 2.46. The Morgan fingerprint density at radius 1 is 1.05 bits per heavy atom. The molecule has 4 heterocycles. The number of hydrogen-bond donors (Lipinski definition) is 0. The monoisotopic (exact) mass is 280 g/mol. The molecule has 0 amide bonds. The van der Waals surface area contributed by atoms with Crippen molar-refractivity contribution in [1.29, 1.82) is 0 Å². The van der Waals surface area contributed by atoms with Crippen molar-refractivity contribution in [2.75, 3.05) is 18.0 Å². The molecule has 110 valence electrons. The van der Waals surface area contributed by atoms with Crippen LogP contribution in [0.5, 0.6) is 0 Å². The predicted octanol–water partition coefficient (Wildman–Crippen LogP) is 4.78. The molecule has 21 heavy (non-hydrogen) atoms.